The molecule has 1 atom stereocenters. The van der Waals surface area contributed by atoms with Gasteiger partial charge < -0.3 is 10.1 Å². The van der Waals surface area contributed by atoms with E-state index in [4.69, 9.17) is 9.72 Å². The van der Waals surface area contributed by atoms with Gasteiger partial charge in [-0.3, -0.25) is 19.1 Å². The van der Waals surface area contributed by atoms with E-state index in [1.165, 1.54) is 6.07 Å². The zero-order valence-electron chi connectivity index (χ0n) is 16.2. The Kier molecular flexibility index (Phi) is 5.37. The van der Waals surface area contributed by atoms with E-state index in [1.807, 2.05) is 25.1 Å². The third kappa shape index (κ3) is 3.89. The van der Waals surface area contributed by atoms with Crippen LogP contribution >= 0.6 is 0 Å². The lowest BCUT2D eigenvalue weighted by Crippen LogP contribution is -2.38. The molecule has 1 amide bonds. The van der Waals surface area contributed by atoms with Crippen LogP contribution in [0.15, 0.2) is 59.7 Å². The molecule has 1 aliphatic heterocycles. The molecule has 29 heavy (non-hydrogen) atoms. The largest absolute Gasteiger partial charge is 0.493 e. The standard InChI is InChI=1S/C22H22N4O3/c1-2-29-19-8-4-3-6-16(19)22(28)25-17-7-5-13-26-20(27)14-18(24-21(17)26)15-9-11-23-12-10-15/h3-4,6,8-12,14,17H,2,5,7,13H2,1H3,(H,25,28). The van der Waals surface area contributed by atoms with Crippen molar-refractivity contribution in [1.29, 1.82) is 0 Å². The lowest BCUT2D eigenvalue weighted by molar-refractivity contribution is 0.0923. The van der Waals surface area contributed by atoms with Crippen molar-refractivity contribution in [2.75, 3.05) is 6.61 Å². The van der Waals surface area contributed by atoms with E-state index in [2.05, 4.69) is 10.3 Å². The predicted molar refractivity (Wildman–Crippen MR) is 109 cm³/mol. The number of nitrogens with zero attached hydrogens (tertiary/aromatic N) is 3. The highest BCUT2D eigenvalue weighted by Gasteiger charge is 2.26. The van der Waals surface area contributed by atoms with Gasteiger partial charge >= 0.3 is 0 Å². The molecule has 3 aromatic rings. The molecule has 0 bridgehead atoms. The minimum absolute atomic E-state index is 0.115. The summed E-state index contributed by atoms with van der Waals surface area (Å²) in [6.45, 7) is 2.95. The number of amides is 1. The average molecular weight is 390 g/mol. The summed E-state index contributed by atoms with van der Waals surface area (Å²) < 4.78 is 7.22. The van der Waals surface area contributed by atoms with E-state index in [-0.39, 0.29) is 17.5 Å². The lowest BCUT2D eigenvalue weighted by Gasteiger charge is -2.27. The molecular formula is C22H22N4O3. The van der Waals surface area contributed by atoms with Crippen molar-refractivity contribution in [3.63, 3.8) is 0 Å². The molecule has 0 saturated heterocycles. The van der Waals surface area contributed by atoms with Crippen molar-refractivity contribution in [2.45, 2.75) is 32.4 Å². The first-order valence-corrected chi connectivity index (χ1v) is 9.72. The fraction of sp³-hybridized carbons (Fsp3) is 0.273. The monoisotopic (exact) mass is 390 g/mol. The summed E-state index contributed by atoms with van der Waals surface area (Å²) in [5, 5.41) is 3.04. The number of benzene rings is 1. The number of fused-ring (bicyclic) bond motifs is 1. The van der Waals surface area contributed by atoms with Crippen LogP contribution in [0.3, 0.4) is 0 Å². The van der Waals surface area contributed by atoms with E-state index in [0.717, 1.165) is 18.4 Å². The maximum Gasteiger partial charge on any atom is 0.255 e. The van der Waals surface area contributed by atoms with Crippen LogP contribution in [-0.2, 0) is 6.54 Å². The van der Waals surface area contributed by atoms with E-state index < -0.39 is 0 Å². The van der Waals surface area contributed by atoms with Crippen molar-refractivity contribution >= 4 is 5.91 Å². The van der Waals surface area contributed by atoms with Crippen molar-refractivity contribution in [2.24, 2.45) is 0 Å². The van der Waals surface area contributed by atoms with Gasteiger partial charge in [0.15, 0.2) is 0 Å². The molecule has 2 aromatic heterocycles. The van der Waals surface area contributed by atoms with Crippen LogP contribution in [0.5, 0.6) is 5.75 Å². The number of para-hydroxylation sites is 1. The molecule has 1 unspecified atom stereocenters. The second-order valence-corrected chi connectivity index (χ2v) is 6.82. The maximum atomic E-state index is 12.9. The van der Waals surface area contributed by atoms with Gasteiger partial charge in [-0.25, -0.2) is 4.98 Å². The van der Waals surface area contributed by atoms with Crippen molar-refractivity contribution in [3.05, 3.63) is 76.6 Å². The molecule has 0 radical (unpaired) electrons. The highest BCUT2D eigenvalue weighted by Crippen LogP contribution is 2.26. The van der Waals surface area contributed by atoms with E-state index in [1.54, 1.807) is 35.2 Å². The topological polar surface area (TPSA) is 86.1 Å². The number of carbonyl (C=O) groups excluding carboxylic acids is 1. The molecule has 7 nitrogen and oxygen atoms in total. The van der Waals surface area contributed by atoms with Crippen LogP contribution in [0.4, 0.5) is 0 Å². The van der Waals surface area contributed by atoms with Gasteiger partial charge in [0.2, 0.25) is 0 Å². The molecule has 3 heterocycles. The van der Waals surface area contributed by atoms with Crippen LogP contribution in [0.25, 0.3) is 11.3 Å². The lowest BCUT2D eigenvalue weighted by atomic mass is 10.0. The number of hydrogen-bond acceptors (Lipinski definition) is 5. The Bertz CT molecular complexity index is 1080. The molecule has 1 aromatic carbocycles. The normalized spacial score (nSPS) is 15.4. The first-order valence-electron chi connectivity index (χ1n) is 9.72. The average Bonchev–Trinajstić information content (AvgIpc) is 2.75. The number of nitrogens with one attached hydrogen (secondary N) is 1. The summed E-state index contributed by atoms with van der Waals surface area (Å²) in [7, 11) is 0. The molecule has 7 heteroatoms. The second kappa shape index (κ2) is 8.26. The number of carbonyl (C=O) groups is 1. The highest BCUT2D eigenvalue weighted by atomic mass is 16.5. The Balaban J connectivity index is 1.67. The first kappa shape index (κ1) is 18.9. The van der Waals surface area contributed by atoms with Gasteiger partial charge in [-0.15, -0.1) is 0 Å². The Morgan fingerprint density at radius 1 is 1.24 bits per heavy atom. The van der Waals surface area contributed by atoms with Crippen molar-refractivity contribution in [1.82, 2.24) is 19.9 Å². The quantitative estimate of drug-likeness (QED) is 0.724. The smallest absolute Gasteiger partial charge is 0.255 e. The highest BCUT2D eigenvalue weighted by molar-refractivity contribution is 5.97. The molecule has 1 aliphatic rings. The minimum atomic E-state index is -0.347. The van der Waals surface area contributed by atoms with Gasteiger partial charge in [-0.05, 0) is 44.0 Å². The van der Waals surface area contributed by atoms with E-state index in [0.29, 0.717) is 36.0 Å². The number of pyridine rings is 1. The van der Waals surface area contributed by atoms with Crippen LogP contribution in [0.2, 0.25) is 0 Å². The predicted octanol–water partition coefficient (Wildman–Crippen LogP) is 2.97. The van der Waals surface area contributed by atoms with Gasteiger partial charge in [0, 0.05) is 30.6 Å². The Morgan fingerprint density at radius 2 is 2.03 bits per heavy atom. The summed E-state index contributed by atoms with van der Waals surface area (Å²) in [6, 6.07) is 12.0. The Morgan fingerprint density at radius 3 is 2.83 bits per heavy atom. The molecule has 4 rings (SSSR count). The SMILES string of the molecule is CCOc1ccccc1C(=O)NC1CCCn2c1nc(-c1ccncc1)cc2=O. The van der Waals surface area contributed by atoms with Gasteiger partial charge in [0.1, 0.15) is 11.6 Å². The van der Waals surface area contributed by atoms with Gasteiger partial charge in [0.25, 0.3) is 11.5 Å². The van der Waals surface area contributed by atoms with Crippen LogP contribution < -0.4 is 15.6 Å². The number of rotatable bonds is 5. The summed E-state index contributed by atoms with van der Waals surface area (Å²) in [6.07, 6.45) is 4.84. The maximum absolute atomic E-state index is 12.9. The number of hydrogen-bond donors (Lipinski definition) is 1. The molecule has 0 saturated carbocycles. The summed E-state index contributed by atoms with van der Waals surface area (Å²) in [5.41, 5.74) is 1.76. The second-order valence-electron chi connectivity index (χ2n) is 6.82. The van der Waals surface area contributed by atoms with Crippen LogP contribution in [0.1, 0.15) is 42.0 Å². The number of aromatic nitrogens is 3. The van der Waals surface area contributed by atoms with Crippen molar-refractivity contribution < 1.29 is 9.53 Å². The fourth-order valence-corrected chi connectivity index (χ4v) is 3.58. The number of ether oxygens (including phenoxy) is 1. The van der Waals surface area contributed by atoms with E-state index >= 15 is 0 Å². The molecule has 0 fully saturated rings. The van der Waals surface area contributed by atoms with Crippen LogP contribution in [-0.4, -0.2) is 27.0 Å². The summed E-state index contributed by atoms with van der Waals surface area (Å²) >= 11 is 0. The Labute approximate surface area is 168 Å². The van der Waals surface area contributed by atoms with Gasteiger partial charge in [-0.2, -0.15) is 0 Å². The van der Waals surface area contributed by atoms with Crippen molar-refractivity contribution in [3.8, 4) is 17.0 Å². The van der Waals surface area contributed by atoms with Gasteiger partial charge in [-0.1, -0.05) is 12.1 Å². The third-order valence-electron chi connectivity index (χ3n) is 4.94. The zero-order chi connectivity index (χ0) is 20.2. The fourth-order valence-electron chi connectivity index (χ4n) is 3.58. The third-order valence-corrected chi connectivity index (χ3v) is 4.94. The molecular weight excluding hydrogens is 368 g/mol. The Hall–Kier alpha value is -3.48. The first-order chi connectivity index (χ1) is 14.2. The molecule has 0 aliphatic carbocycles. The summed E-state index contributed by atoms with van der Waals surface area (Å²) in [4.78, 5) is 34.3. The van der Waals surface area contributed by atoms with Crippen LogP contribution in [0, 0.1) is 0 Å². The minimum Gasteiger partial charge on any atom is -0.493 e. The molecule has 1 N–H and O–H groups in total. The summed E-state index contributed by atoms with van der Waals surface area (Å²) in [5.74, 6) is 0.882. The zero-order valence-corrected chi connectivity index (χ0v) is 16.2. The molecule has 0 spiro atoms. The molecule has 148 valence electrons. The van der Waals surface area contributed by atoms with E-state index in [9.17, 15) is 9.59 Å². The van der Waals surface area contributed by atoms with Gasteiger partial charge in [0.05, 0.1) is 23.9 Å².